The van der Waals surface area contributed by atoms with Gasteiger partial charge < -0.3 is 9.52 Å². The largest absolute Gasteiger partial charge is 0.475 e. The van der Waals surface area contributed by atoms with E-state index in [4.69, 9.17) is 9.52 Å². The van der Waals surface area contributed by atoms with E-state index in [9.17, 15) is 4.79 Å². The third-order valence-electron chi connectivity index (χ3n) is 2.50. The summed E-state index contributed by atoms with van der Waals surface area (Å²) in [7, 11) is 0. The number of hydrogen-bond donors (Lipinski definition) is 1. The maximum Gasteiger partial charge on any atom is 0.371 e. The number of carboxylic acids is 1. The van der Waals surface area contributed by atoms with Crippen LogP contribution >= 0.6 is 0 Å². The molecule has 0 atom stereocenters. The molecule has 2 aromatic heterocycles. The summed E-state index contributed by atoms with van der Waals surface area (Å²) in [4.78, 5) is 12.2. The lowest BCUT2D eigenvalue weighted by Gasteiger charge is -1.94. The summed E-state index contributed by atoms with van der Waals surface area (Å²) < 4.78 is 5.14. The first-order valence-electron chi connectivity index (χ1n) is 5.34. The molecule has 0 amide bonds. The van der Waals surface area contributed by atoms with Crippen molar-refractivity contribution >= 4 is 17.0 Å². The SMILES string of the molecule is O=C(O)c1ccc(Cn2nc3ccccc3n2)o1. The van der Waals surface area contributed by atoms with Gasteiger partial charge in [-0.1, -0.05) is 12.1 Å². The maximum atomic E-state index is 10.7. The fourth-order valence-electron chi connectivity index (χ4n) is 1.69. The minimum atomic E-state index is -1.08. The Morgan fingerprint density at radius 1 is 1.17 bits per heavy atom. The molecule has 1 aromatic carbocycles. The predicted octanol–water partition coefficient (Wildman–Crippen LogP) is 1.77. The van der Waals surface area contributed by atoms with Gasteiger partial charge in [-0.3, -0.25) is 0 Å². The average Bonchev–Trinajstić information content (AvgIpc) is 2.94. The molecule has 90 valence electrons. The van der Waals surface area contributed by atoms with Crippen molar-refractivity contribution in [1.29, 1.82) is 0 Å². The molecule has 6 heteroatoms. The molecular weight excluding hydrogens is 234 g/mol. The standard InChI is InChI=1S/C12H9N3O3/c16-12(17)11-6-5-8(18-11)7-15-13-9-3-1-2-4-10(9)14-15/h1-6H,7H2,(H,16,17). The second-order valence-corrected chi connectivity index (χ2v) is 3.79. The zero-order valence-electron chi connectivity index (χ0n) is 9.28. The molecule has 0 saturated heterocycles. The van der Waals surface area contributed by atoms with Crippen LogP contribution in [0.4, 0.5) is 0 Å². The first-order chi connectivity index (χ1) is 8.72. The molecular formula is C12H9N3O3. The fourth-order valence-corrected chi connectivity index (χ4v) is 1.69. The number of benzene rings is 1. The number of carboxylic acid groups (broad SMARTS) is 1. The van der Waals surface area contributed by atoms with Gasteiger partial charge in [-0.05, 0) is 24.3 Å². The Morgan fingerprint density at radius 2 is 1.83 bits per heavy atom. The van der Waals surface area contributed by atoms with E-state index < -0.39 is 5.97 Å². The molecule has 0 fully saturated rings. The molecule has 18 heavy (non-hydrogen) atoms. The van der Waals surface area contributed by atoms with Crippen LogP contribution in [0.1, 0.15) is 16.3 Å². The normalized spacial score (nSPS) is 10.9. The Hall–Kier alpha value is -2.63. The van der Waals surface area contributed by atoms with Gasteiger partial charge in [-0.2, -0.15) is 15.0 Å². The van der Waals surface area contributed by atoms with E-state index in [1.165, 1.54) is 10.9 Å². The fraction of sp³-hybridized carbons (Fsp3) is 0.0833. The summed E-state index contributed by atoms with van der Waals surface area (Å²) in [6.07, 6.45) is 0. The highest BCUT2D eigenvalue weighted by molar-refractivity contribution is 5.84. The van der Waals surface area contributed by atoms with Crippen LogP contribution in [0.3, 0.4) is 0 Å². The first kappa shape index (κ1) is 10.5. The van der Waals surface area contributed by atoms with Crippen LogP contribution in [0, 0.1) is 0 Å². The van der Waals surface area contributed by atoms with Gasteiger partial charge in [0.15, 0.2) is 0 Å². The van der Waals surface area contributed by atoms with Gasteiger partial charge in [0.05, 0.1) is 0 Å². The van der Waals surface area contributed by atoms with Gasteiger partial charge in [0.1, 0.15) is 23.3 Å². The number of carbonyl (C=O) groups is 1. The topological polar surface area (TPSA) is 81.1 Å². The minimum Gasteiger partial charge on any atom is -0.475 e. The van der Waals surface area contributed by atoms with E-state index in [0.717, 1.165) is 11.0 Å². The van der Waals surface area contributed by atoms with E-state index in [2.05, 4.69) is 10.2 Å². The lowest BCUT2D eigenvalue weighted by Crippen LogP contribution is -2.02. The van der Waals surface area contributed by atoms with Crippen molar-refractivity contribution in [2.24, 2.45) is 0 Å². The lowest BCUT2D eigenvalue weighted by atomic mass is 10.3. The van der Waals surface area contributed by atoms with Gasteiger partial charge in [0.2, 0.25) is 5.76 Å². The smallest absolute Gasteiger partial charge is 0.371 e. The Balaban J connectivity index is 1.88. The quantitative estimate of drug-likeness (QED) is 0.758. The number of rotatable bonds is 3. The molecule has 0 aliphatic heterocycles. The summed E-state index contributed by atoms with van der Waals surface area (Å²) in [5.74, 6) is -0.658. The van der Waals surface area contributed by atoms with Crippen LogP contribution in [0.15, 0.2) is 40.8 Å². The number of aromatic nitrogens is 3. The molecule has 3 aromatic rings. The Morgan fingerprint density at radius 3 is 2.39 bits per heavy atom. The van der Waals surface area contributed by atoms with Crippen molar-refractivity contribution in [3.8, 4) is 0 Å². The number of nitrogens with zero attached hydrogens (tertiary/aromatic N) is 3. The molecule has 0 unspecified atom stereocenters. The summed E-state index contributed by atoms with van der Waals surface area (Å²) in [5.41, 5.74) is 1.59. The number of hydrogen-bond acceptors (Lipinski definition) is 4. The third-order valence-corrected chi connectivity index (χ3v) is 2.50. The Bertz CT molecular complexity index is 681. The monoisotopic (exact) mass is 243 g/mol. The summed E-state index contributed by atoms with van der Waals surface area (Å²) in [6, 6.07) is 10.5. The molecule has 0 radical (unpaired) electrons. The Labute approximate surface area is 101 Å². The van der Waals surface area contributed by atoms with Gasteiger partial charge in [-0.15, -0.1) is 0 Å². The van der Waals surface area contributed by atoms with E-state index >= 15 is 0 Å². The van der Waals surface area contributed by atoms with Crippen molar-refractivity contribution in [1.82, 2.24) is 15.0 Å². The van der Waals surface area contributed by atoms with Crippen molar-refractivity contribution in [2.45, 2.75) is 6.54 Å². The predicted molar refractivity (Wildman–Crippen MR) is 62.3 cm³/mol. The van der Waals surface area contributed by atoms with Gasteiger partial charge in [-0.25, -0.2) is 4.79 Å². The van der Waals surface area contributed by atoms with Gasteiger partial charge in [0.25, 0.3) is 0 Å². The van der Waals surface area contributed by atoms with Crippen LogP contribution in [-0.2, 0) is 6.54 Å². The zero-order valence-corrected chi connectivity index (χ0v) is 9.28. The van der Waals surface area contributed by atoms with Crippen molar-refractivity contribution in [3.05, 3.63) is 47.9 Å². The molecule has 0 saturated carbocycles. The van der Waals surface area contributed by atoms with Crippen LogP contribution in [0.2, 0.25) is 0 Å². The van der Waals surface area contributed by atoms with E-state index in [-0.39, 0.29) is 5.76 Å². The highest BCUT2D eigenvalue weighted by Gasteiger charge is 2.10. The molecule has 0 aliphatic carbocycles. The van der Waals surface area contributed by atoms with Crippen LogP contribution < -0.4 is 0 Å². The third kappa shape index (κ3) is 1.84. The second-order valence-electron chi connectivity index (χ2n) is 3.79. The molecule has 1 N–H and O–H groups in total. The zero-order chi connectivity index (χ0) is 12.5. The highest BCUT2D eigenvalue weighted by Crippen LogP contribution is 2.11. The highest BCUT2D eigenvalue weighted by atomic mass is 16.4. The number of aromatic carboxylic acids is 1. The van der Waals surface area contributed by atoms with E-state index in [1.54, 1.807) is 6.07 Å². The molecule has 0 bridgehead atoms. The summed E-state index contributed by atoms with van der Waals surface area (Å²) in [5, 5.41) is 17.3. The van der Waals surface area contributed by atoms with Crippen LogP contribution in [0.25, 0.3) is 11.0 Å². The first-order valence-corrected chi connectivity index (χ1v) is 5.34. The van der Waals surface area contributed by atoms with Crippen LogP contribution in [0.5, 0.6) is 0 Å². The molecule has 3 rings (SSSR count). The number of fused-ring (bicyclic) bond motifs is 1. The van der Waals surface area contributed by atoms with Gasteiger partial charge in [0, 0.05) is 0 Å². The summed E-state index contributed by atoms with van der Waals surface area (Å²) in [6.45, 7) is 0.308. The van der Waals surface area contributed by atoms with Crippen LogP contribution in [-0.4, -0.2) is 26.1 Å². The molecule has 0 aliphatic rings. The molecule has 0 spiro atoms. The Kier molecular flexibility index (Phi) is 2.33. The van der Waals surface area contributed by atoms with Crippen molar-refractivity contribution in [2.75, 3.05) is 0 Å². The average molecular weight is 243 g/mol. The molecule has 2 heterocycles. The van der Waals surface area contributed by atoms with E-state index in [0.29, 0.717) is 12.3 Å². The molecule has 6 nitrogen and oxygen atoms in total. The summed E-state index contributed by atoms with van der Waals surface area (Å²) >= 11 is 0. The lowest BCUT2D eigenvalue weighted by molar-refractivity contribution is 0.0660. The maximum absolute atomic E-state index is 10.7. The number of furan rings is 1. The minimum absolute atomic E-state index is 0.0817. The van der Waals surface area contributed by atoms with Crippen molar-refractivity contribution in [3.63, 3.8) is 0 Å². The van der Waals surface area contributed by atoms with Crippen molar-refractivity contribution < 1.29 is 14.3 Å². The second kappa shape index (κ2) is 3.99. The van der Waals surface area contributed by atoms with E-state index in [1.807, 2.05) is 24.3 Å². The van der Waals surface area contributed by atoms with Gasteiger partial charge >= 0.3 is 5.97 Å².